The van der Waals surface area contributed by atoms with E-state index in [1.54, 1.807) is 0 Å². The Hall–Kier alpha value is -1.06. The number of piperidine rings is 1. The Labute approximate surface area is 123 Å². The van der Waals surface area contributed by atoms with E-state index in [2.05, 4.69) is 41.4 Å². The number of aliphatic hydroxyl groups is 1. The van der Waals surface area contributed by atoms with E-state index in [9.17, 15) is 5.11 Å². The summed E-state index contributed by atoms with van der Waals surface area (Å²) >= 11 is 0. The second-order valence-corrected chi connectivity index (χ2v) is 5.87. The first-order chi connectivity index (χ1) is 9.67. The second kappa shape index (κ2) is 7.09. The lowest BCUT2D eigenvalue weighted by atomic mass is 9.91. The van der Waals surface area contributed by atoms with Gasteiger partial charge in [0.2, 0.25) is 0 Å². The molecule has 0 spiro atoms. The van der Waals surface area contributed by atoms with Gasteiger partial charge in [-0.25, -0.2) is 0 Å². The summed E-state index contributed by atoms with van der Waals surface area (Å²) in [6, 6.07) is 9.14. The van der Waals surface area contributed by atoms with Gasteiger partial charge in [-0.2, -0.15) is 0 Å². The predicted octanol–water partition coefficient (Wildman–Crippen LogP) is 2.95. The van der Waals surface area contributed by atoms with Crippen LogP contribution < -0.4 is 10.2 Å². The first kappa shape index (κ1) is 15.3. The Bertz CT molecular complexity index is 407. The SMILES string of the molecule is CCC(NC)c1ccccc1N1CCC(C(C)O)CC1. The molecule has 2 unspecified atom stereocenters. The molecule has 1 aromatic rings. The topological polar surface area (TPSA) is 35.5 Å². The van der Waals surface area contributed by atoms with Crippen LogP contribution in [-0.4, -0.2) is 31.3 Å². The first-order valence-corrected chi connectivity index (χ1v) is 7.86. The normalized spacial score (nSPS) is 19.9. The third-order valence-corrected chi connectivity index (χ3v) is 4.63. The lowest BCUT2D eigenvalue weighted by molar-refractivity contribution is 0.110. The Kier molecular flexibility index (Phi) is 5.44. The minimum Gasteiger partial charge on any atom is -0.393 e. The number of para-hydroxylation sites is 1. The summed E-state index contributed by atoms with van der Waals surface area (Å²) in [5.74, 6) is 0.463. The van der Waals surface area contributed by atoms with Crippen LogP contribution in [0.25, 0.3) is 0 Å². The van der Waals surface area contributed by atoms with E-state index < -0.39 is 0 Å². The van der Waals surface area contributed by atoms with E-state index >= 15 is 0 Å². The summed E-state index contributed by atoms with van der Waals surface area (Å²) in [7, 11) is 2.03. The molecule has 1 saturated heterocycles. The number of aliphatic hydroxyl groups excluding tert-OH is 1. The molecule has 1 aliphatic heterocycles. The van der Waals surface area contributed by atoms with Crippen molar-refractivity contribution in [1.29, 1.82) is 0 Å². The highest BCUT2D eigenvalue weighted by atomic mass is 16.3. The zero-order chi connectivity index (χ0) is 14.5. The molecular weight excluding hydrogens is 248 g/mol. The number of hydrogen-bond donors (Lipinski definition) is 2. The van der Waals surface area contributed by atoms with Gasteiger partial charge in [0.15, 0.2) is 0 Å². The van der Waals surface area contributed by atoms with Crippen LogP contribution in [0.15, 0.2) is 24.3 Å². The van der Waals surface area contributed by atoms with Crippen molar-refractivity contribution in [2.45, 2.75) is 45.3 Å². The summed E-state index contributed by atoms with van der Waals surface area (Å²) < 4.78 is 0. The molecule has 0 bridgehead atoms. The first-order valence-electron chi connectivity index (χ1n) is 7.86. The van der Waals surface area contributed by atoms with Crippen molar-refractivity contribution >= 4 is 5.69 Å². The average Bonchev–Trinajstić information content (AvgIpc) is 2.49. The molecule has 2 rings (SSSR count). The Morgan fingerprint density at radius 3 is 2.50 bits per heavy atom. The van der Waals surface area contributed by atoms with E-state index in [0.717, 1.165) is 32.4 Å². The van der Waals surface area contributed by atoms with Gasteiger partial charge < -0.3 is 15.3 Å². The minimum absolute atomic E-state index is 0.173. The zero-order valence-corrected chi connectivity index (χ0v) is 13.0. The molecule has 3 nitrogen and oxygen atoms in total. The summed E-state index contributed by atoms with van der Waals surface area (Å²) in [5.41, 5.74) is 2.76. The molecule has 0 saturated carbocycles. The maximum atomic E-state index is 9.72. The molecule has 2 N–H and O–H groups in total. The van der Waals surface area contributed by atoms with Crippen molar-refractivity contribution in [3.05, 3.63) is 29.8 Å². The molecule has 1 aromatic carbocycles. The smallest absolute Gasteiger partial charge is 0.0541 e. The largest absolute Gasteiger partial charge is 0.393 e. The van der Waals surface area contributed by atoms with Gasteiger partial charge >= 0.3 is 0 Å². The van der Waals surface area contributed by atoms with Crippen LogP contribution in [0.1, 0.15) is 44.7 Å². The molecule has 1 heterocycles. The van der Waals surface area contributed by atoms with Crippen LogP contribution in [0, 0.1) is 5.92 Å². The van der Waals surface area contributed by atoms with Gasteiger partial charge in [-0.3, -0.25) is 0 Å². The number of nitrogens with zero attached hydrogens (tertiary/aromatic N) is 1. The molecule has 2 atom stereocenters. The highest BCUT2D eigenvalue weighted by molar-refractivity contribution is 5.55. The van der Waals surface area contributed by atoms with Crippen LogP contribution in [0.5, 0.6) is 0 Å². The monoisotopic (exact) mass is 276 g/mol. The van der Waals surface area contributed by atoms with Gasteiger partial charge in [0.05, 0.1) is 6.10 Å². The van der Waals surface area contributed by atoms with Crippen LogP contribution >= 0.6 is 0 Å². The van der Waals surface area contributed by atoms with E-state index in [-0.39, 0.29) is 6.10 Å². The Balaban J connectivity index is 2.13. The number of benzene rings is 1. The van der Waals surface area contributed by atoms with Gasteiger partial charge in [0.25, 0.3) is 0 Å². The molecular formula is C17H28N2O. The van der Waals surface area contributed by atoms with Gasteiger partial charge in [0, 0.05) is 24.8 Å². The Morgan fingerprint density at radius 1 is 1.30 bits per heavy atom. The van der Waals surface area contributed by atoms with Crippen LogP contribution in [0.4, 0.5) is 5.69 Å². The van der Waals surface area contributed by atoms with Gasteiger partial charge in [-0.15, -0.1) is 0 Å². The minimum atomic E-state index is -0.173. The second-order valence-electron chi connectivity index (χ2n) is 5.87. The predicted molar refractivity (Wildman–Crippen MR) is 85.2 cm³/mol. The molecule has 20 heavy (non-hydrogen) atoms. The maximum absolute atomic E-state index is 9.72. The third kappa shape index (κ3) is 3.33. The lowest BCUT2D eigenvalue weighted by Gasteiger charge is -2.36. The zero-order valence-electron chi connectivity index (χ0n) is 13.0. The molecule has 0 radical (unpaired) electrons. The van der Waals surface area contributed by atoms with E-state index in [0.29, 0.717) is 12.0 Å². The standard InChI is InChI=1S/C17H28N2O/c1-4-16(18-3)15-7-5-6-8-17(15)19-11-9-14(10-12-19)13(2)20/h5-8,13-14,16,18,20H,4,9-12H2,1-3H3. The number of rotatable bonds is 5. The van der Waals surface area contributed by atoms with Crippen molar-refractivity contribution < 1.29 is 5.11 Å². The summed E-state index contributed by atoms with van der Waals surface area (Å²) in [5, 5.41) is 13.1. The third-order valence-electron chi connectivity index (χ3n) is 4.63. The molecule has 1 fully saturated rings. The Morgan fingerprint density at radius 2 is 1.95 bits per heavy atom. The molecule has 1 aliphatic rings. The summed E-state index contributed by atoms with van der Waals surface area (Å²) in [6.45, 7) is 6.24. The number of hydrogen-bond acceptors (Lipinski definition) is 3. The van der Waals surface area contributed by atoms with Crippen molar-refractivity contribution in [3.8, 4) is 0 Å². The van der Waals surface area contributed by atoms with Gasteiger partial charge in [0.1, 0.15) is 0 Å². The molecule has 0 amide bonds. The van der Waals surface area contributed by atoms with Crippen molar-refractivity contribution in [1.82, 2.24) is 5.32 Å². The van der Waals surface area contributed by atoms with Crippen LogP contribution in [0.3, 0.4) is 0 Å². The van der Waals surface area contributed by atoms with Crippen LogP contribution in [0.2, 0.25) is 0 Å². The van der Waals surface area contributed by atoms with Gasteiger partial charge in [-0.05, 0) is 50.8 Å². The number of nitrogens with one attached hydrogen (secondary N) is 1. The van der Waals surface area contributed by atoms with E-state index in [1.807, 2.05) is 14.0 Å². The van der Waals surface area contributed by atoms with Gasteiger partial charge in [-0.1, -0.05) is 25.1 Å². The van der Waals surface area contributed by atoms with E-state index in [1.165, 1.54) is 11.3 Å². The molecule has 0 aromatic heterocycles. The maximum Gasteiger partial charge on any atom is 0.0541 e. The highest BCUT2D eigenvalue weighted by Crippen LogP contribution is 2.31. The van der Waals surface area contributed by atoms with Crippen LogP contribution in [-0.2, 0) is 0 Å². The fourth-order valence-electron chi connectivity index (χ4n) is 3.27. The fourth-order valence-corrected chi connectivity index (χ4v) is 3.27. The lowest BCUT2D eigenvalue weighted by Crippen LogP contribution is -2.38. The highest BCUT2D eigenvalue weighted by Gasteiger charge is 2.24. The number of anilines is 1. The summed E-state index contributed by atoms with van der Waals surface area (Å²) in [4.78, 5) is 2.48. The average molecular weight is 276 g/mol. The van der Waals surface area contributed by atoms with Crippen molar-refractivity contribution in [2.75, 3.05) is 25.0 Å². The quantitative estimate of drug-likeness (QED) is 0.868. The van der Waals surface area contributed by atoms with Crippen molar-refractivity contribution in [2.24, 2.45) is 5.92 Å². The molecule has 0 aliphatic carbocycles. The fraction of sp³-hybridized carbons (Fsp3) is 0.647. The summed E-state index contributed by atoms with van der Waals surface area (Å²) in [6.07, 6.45) is 3.09. The van der Waals surface area contributed by atoms with Crippen molar-refractivity contribution in [3.63, 3.8) is 0 Å². The van der Waals surface area contributed by atoms with E-state index in [4.69, 9.17) is 0 Å². The molecule has 112 valence electrons. The molecule has 3 heteroatoms.